The molecule has 32 heavy (non-hydrogen) atoms. The first-order chi connectivity index (χ1) is 15.4. The SMILES string of the molecule is COc1cc(C)c(NC(=O)C(=Cc2ccc(OC(F)F)cc2)c2ccccc2)cc1OC. The highest BCUT2D eigenvalue weighted by atomic mass is 19.3. The maximum atomic E-state index is 13.3. The van der Waals surface area contributed by atoms with E-state index in [-0.39, 0.29) is 11.7 Å². The van der Waals surface area contributed by atoms with Gasteiger partial charge in [-0.3, -0.25) is 4.79 Å². The average molecular weight is 439 g/mol. The van der Waals surface area contributed by atoms with Gasteiger partial charge in [-0.25, -0.2) is 0 Å². The molecule has 3 aromatic rings. The number of carbonyl (C=O) groups is 1. The van der Waals surface area contributed by atoms with Crippen LogP contribution in [0.15, 0.2) is 66.7 Å². The van der Waals surface area contributed by atoms with E-state index in [1.807, 2.05) is 37.3 Å². The number of aryl methyl sites for hydroxylation is 1. The van der Waals surface area contributed by atoms with E-state index in [4.69, 9.17) is 9.47 Å². The molecule has 0 aliphatic rings. The van der Waals surface area contributed by atoms with Crippen LogP contribution in [-0.4, -0.2) is 26.7 Å². The molecule has 1 N–H and O–H groups in total. The molecule has 0 radical (unpaired) electrons. The number of benzene rings is 3. The van der Waals surface area contributed by atoms with Crippen molar-refractivity contribution < 1.29 is 27.8 Å². The number of halogens is 2. The van der Waals surface area contributed by atoms with Gasteiger partial charge in [0.1, 0.15) is 5.75 Å². The van der Waals surface area contributed by atoms with Crippen LogP contribution in [0.4, 0.5) is 14.5 Å². The van der Waals surface area contributed by atoms with E-state index in [1.165, 1.54) is 19.2 Å². The van der Waals surface area contributed by atoms with Gasteiger partial charge in [0.15, 0.2) is 11.5 Å². The van der Waals surface area contributed by atoms with Crippen molar-refractivity contribution in [2.45, 2.75) is 13.5 Å². The standard InChI is InChI=1S/C25H23F2NO4/c1-16-13-22(30-2)23(31-3)15-21(16)28-24(29)20(18-7-5-4-6-8-18)14-17-9-11-19(12-10-17)32-25(26)27/h4-15,25H,1-3H3,(H,28,29). The Hall–Kier alpha value is -3.87. The smallest absolute Gasteiger partial charge is 0.387 e. The summed E-state index contributed by atoms with van der Waals surface area (Å²) in [6, 6.07) is 18.7. The highest BCUT2D eigenvalue weighted by molar-refractivity contribution is 6.29. The van der Waals surface area contributed by atoms with E-state index in [0.717, 1.165) is 5.56 Å². The van der Waals surface area contributed by atoms with E-state index in [9.17, 15) is 13.6 Å². The summed E-state index contributed by atoms with van der Waals surface area (Å²) in [5, 5.41) is 2.93. The number of alkyl halides is 2. The molecule has 0 bridgehead atoms. The molecule has 3 aromatic carbocycles. The fourth-order valence-electron chi connectivity index (χ4n) is 3.11. The molecule has 0 spiro atoms. The van der Waals surface area contributed by atoms with Gasteiger partial charge in [0.25, 0.3) is 5.91 Å². The highest BCUT2D eigenvalue weighted by Crippen LogP contribution is 2.33. The summed E-state index contributed by atoms with van der Waals surface area (Å²) in [6.07, 6.45) is 1.69. The van der Waals surface area contributed by atoms with E-state index < -0.39 is 6.61 Å². The maximum absolute atomic E-state index is 13.3. The summed E-state index contributed by atoms with van der Waals surface area (Å²) in [5.41, 5.74) is 3.15. The Morgan fingerprint density at radius 2 is 1.56 bits per heavy atom. The molecular weight excluding hydrogens is 416 g/mol. The van der Waals surface area contributed by atoms with Crippen LogP contribution in [0.5, 0.6) is 17.2 Å². The first-order valence-electron chi connectivity index (χ1n) is 9.77. The molecule has 0 atom stereocenters. The van der Waals surface area contributed by atoms with Crippen molar-refractivity contribution in [1.82, 2.24) is 0 Å². The summed E-state index contributed by atoms with van der Waals surface area (Å²) in [6.45, 7) is -1.04. The van der Waals surface area contributed by atoms with Gasteiger partial charge in [0, 0.05) is 17.3 Å². The zero-order valence-corrected chi connectivity index (χ0v) is 17.9. The molecule has 3 rings (SSSR count). The summed E-state index contributed by atoms with van der Waals surface area (Å²) >= 11 is 0. The monoisotopic (exact) mass is 439 g/mol. The number of anilines is 1. The van der Waals surface area contributed by atoms with Crippen LogP contribution in [0, 0.1) is 6.92 Å². The molecule has 0 fully saturated rings. The first kappa shape index (κ1) is 22.8. The summed E-state index contributed by atoms with van der Waals surface area (Å²) in [5.74, 6) is 0.768. The van der Waals surface area contributed by atoms with Crippen LogP contribution in [0.1, 0.15) is 16.7 Å². The normalized spacial score (nSPS) is 11.2. The first-order valence-corrected chi connectivity index (χ1v) is 9.77. The lowest BCUT2D eigenvalue weighted by Crippen LogP contribution is -2.14. The van der Waals surface area contributed by atoms with Gasteiger partial charge < -0.3 is 19.5 Å². The Balaban J connectivity index is 1.95. The van der Waals surface area contributed by atoms with Crippen LogP contribution < -0.4 is 19.5 Å². The predicted octanol–water partition coefficient (Wildman–Crippen LogP) is 5.79. The molecule has 0 heterocycles. The third kappa shape index (κ3) is 5.63. The van der Waals surface area contributed by atoms with Crippen molar-refractivity contribution in [3.05, 3.63) is 83.4 Å². The Morgan fingerprint density at radius 3 is 2.16 bits per heavy atom. The minimum Gasteiger partial charge on any atom is -0.493 e. The molecule has 7 heteroatoms. The molecule has 1 amide bonds. The quantitative estimate of drug-likeness (QED) is 0.356. The largest absolute Gasteiger partial charge is 0.493 e. The topological polar surface area (TPSA) is 56.8 Å². The molecular formula is C25H23F2NO4. The van der Waals surface area contributed by atoms with Crippen LogP contribution in [-0.2, 0) is 4.79 Å². The minimum atomic E-state index is -2.90. The lowest BCUT2D eigenvalue weighted by Gasteiger charge is -2.15. The second-order valence-electron chi connectivity index (χ2n) is 6.85. The Labute approximate surface area is 185 Å². The molecule has 0 saturated carbocycles. The lowest BCUT2D eigenvalue weighted by atomic mass is 10.0. The third-order valence-corrected chi connectivity index (χ3v) is 4.72. The fourth-order valence-corrected chi connectivity index (χ4v) is 3.11. The van der Waals surface area contributed by atoms with Gasteiger partial charge in [-0.15, -0.1) is 0 Å². The molecule has 5 nitrogen and oxygen atoms in total. The zero-order valence-electron chi connectivity index (χ0n) is 17.9. The van der Waals surface area contributed by atoms with Crippen molar-refractivity contribution >= 4 is 23.2 Å². The van der Waals surface area contributed by atoms with Gasteiger partial charge in [-0.05, 0) is 47.9 Å². The number of ether oxygens (including phenoxy) is 3. The van der Waals surface area contributed by atoms with Crippen molar-refractivity contribution in [1.29, 1.82) is 0 Å². The average Bonchev–Trinajstić information content (AvgIpc) is 2.79. The van der Waals surface area contributed by atoms with Crippen molar-refractivity contribution in [3.63, 3.8) is 0 Å². The second kappa shape index (κ2) is 10.4. The van der Waals surface area contributed by atoms with Crippen LogP contribution in [0.25, 0.3) is 11.6 Å². The van der Waals surface area contributed by atoms with Crippen molar-refractivity contribution in [3.8, 4) is 17.2 Å². The lowest BCUT2D eigenvalue weighted by molar-refractivity contribution is -0.111. The van der Waals surface area contributed by atoms with E-state index in [1.54, 1.807) is 37.5 Å². The molecule has 0 aliphatic heterocycles. The zero-order chi connectivity index (χ0) is 23.1. The van der Waals surface area contributed by atoms with Gasteiger partial charge >= 0.3 is 6.61 Å². The van der Waals surface area contributed by atoms with Crippen molar-refractivity contribution in [2.75, 3.05) is 19.5 Å². The minimum absolute atomic E-state index is 0.0452. The maximum Gasteiger partial charge on any atom is 0.387 e. The molecule has 166 valence electrons. The van der Waals surface area contributed by atoms with E-state index in [0.29, 0.717) is 33.9 Å². The Morgan fingerprint density at radius 1 is 0.938 bits per heavy atom. The van der Waals surface area contributed by atoms with Gasteiger partial charge in [0.05, 0.1) is 14.2 Å². The number of carbonyl (C=O) groups excluding carboxylic acids is 1. The van der Waals surface area contributed by atoms with Gasteiger partial charge in [-0.1, -0.05) is 42.5 Å². The number of methoxy groups -OCH3 is 2. The third-order valence-electron chi connectivity index (χ3n) is 4.72. The van der Waals surface area contributed by atoms with Gasteiger partial charge in [0.2, 0.25) is 0 Å². The van der Waals surface area contributed by atoms with Crippen LogP contribution >= 0.6 is 0 Å². The van der Waals surface area contributed by atoms with E-state index in [2.05, 4.69) is 10.1 Å². The number of rotatable bonds is 8. The van der Waals surface area contributed by atoms with Crippen LogP contribution in [0.2, 0.25) is 0 Å². The highest BCUT2D eigenvalue weighted by Gasteiger charge is 2.16. The molecule has 0 aromatic heterocycles. The second-order valence-corrected chi connectivity index (χ2v) is 6.85. The number of hydrogen-bond acceptors (Lipinski definition) is 4. The Bertz CT molecular complexity index is 1100. The summed E-state index contributed by atoms with van der Waals surface area (Å²) < 4.78 is 39.8. The Kier molecular flexibility index (Phi) is 7.44. The molecule has 0 unspecified atom stereocenters. The number of hydrogen-bond donors (Lipinski definition) is 1. The van der Waals surface area contributed by atoms with E-state index >= 15 is 0 Å². The van der Waals surface area contributed by atoms with Crippen LogP contribution in [0.3, 0.4) is 0 Å². The van der Waals surface area contributed by atoms with Gasteiger partial charge in [-0.2, -0.15) is 8.78 Å². The summed E-state index contributed by atoms with van der Waals surface area (Å²) in [7, 11) is 3.07. The fraction of sp³-hybridized carbons (Fsp3) is 0.160. The number of nitrogens with one attached hydrogen (secondary N) is 1. The summed E-state index contributed by atoms with van der Waals surface area (Å²) in [4.78, 5) is 13.3. The molecule has 0 saturated heterocycles. The predicted molar refractivity (Wildman–Crippen MR) is 120 cm³/mol. The number of amides is 1. The molecule has 0 aliphatic carbocycles. The van der Waals surface area contributed by atoms with Crippen molar-refractivity contribution in [2.24, 2.45) is 0 Å².